The van der Waals surface area contributed by atoms with Crippen LogP contribution in [0.4, 0.5) is 0 Å². The number of carbonyl (C=O) groups excluding carboxylic acids is 1. The van der Waals surface area contributed by atoms with E-state index in [1.165, 1.54) is 0 Å². The van der Waals surface area contributed by atoms with Crippen LogP contribution in [0.25, 0.3) is 0 Å². The predicted octanol–water partition coefficient (Wildman–Crippen LogP) is 1.79. The van der Waals surface area contributed by atoms with Crippen molar-refractivity contribution in [3.63, 3.8) is 0 Å². The van der Waals surface area contributed by atoms with E-state index in [4.69, 9.17) is 16.3 Å². The molecule has 0 aromatic carbocycles. The van der Waals surface area contributed by atoms with Crippen LogP contribution in [0.3, 0.4) is 0 Å². The zero-order chi connectivity index (χ0) is 11.3. The van der Waals surface area contributed by atoms with Gasteiger partial charge >= 0.3 is 0 Å². The molecule has 88 valence electrons. The van der Waals surface area contributed by atoms with Crippen LogP contribution in [0.1, 0.15) is 26.7 Å². The molecule has 1 aliphatic heterocycles. The van der Waals surface area contributed by atoms with Gasteiger partial charge in [0.2, 0.25) is 5.91 Å². The van der Waals surface area contributed by atoms with Crippen molar-refractivity contribution in [3.8, 4) is 0 Å². The molecule has 0 bridgehead atoms. The van der Waals surface area contributed by atoms with E-state index in [1.54, 1.807) is 0 Å². The maximum absolute atomic E-state index is 11.8. The molecule has 3 nitrogen and oxygen atoms in total. The molecule has 0 aromatic rings. The molecule has 15 heavy (non-hydrogen) atoms. The van der Waals surface area contributed by atoms with Crippen LogP contribution >= 0.6 is 11.6 Å². The smallest absolute Gasteiger partial charge is 0.225 e. The number of ether oxygens (including phenoxy) is 1. The van der Waals surface area contributed by atoms with Crippen molar-refractivity contribution >= 4 is 17.5 Å². The highest BCUT2D eigenvalue weighted by atomic mass is 35.5. The molecule has 4 heteroatoms. The van der Waals surface area contributed by atoms with E-state index in [-0.39, 0.29) is 17.9 Å². The van der Waals surface area contributed by atoms with E-state index in [9.17, 15) is 4.79 Å². The summed E-state index contributed by atoms with van der Waals surface area (Å²) in [5, 5.41) is 2.98. The van der Waals surface area contributed by atoms with E-state index in [2.05, 4.69) is 19.2 Å². The molecule has 0 aliphatic carbocycles. The normalized spacial score (nSPS) is 23.9. The molecule has 1 rings (SSSR count). The zero-order valence-electron chi connectivity index (χ0n) is 9.46. The molecule has 0 spiro atoms. The summed E-state index contributed by atoms with van der Waals surface area (Å²) in [5.74, 6) is 0.949. The first-order chi connectivity index (χ1) is 7.15. The minimum atomic E-state index is 0.0169. The predicted molar refractivity (Wildman–Crippen MR) is 61.0 cm³/mol. The van der Waals surface area contributed by atoms with Crippen LogP contribution in [-0.4, -0.2) is 31.0 Å². The van der Waals surface area contributed by atoms with Crippen LogP contribution < -0.4 is 5.32 Å². The van der Waals surface area contributed by atoms with E-state index < -0.39 is 0 Å². The van der Waals surface area contributed by atoms with Crippen molar-refractivity contribution in [2.75, 3.05) is 19.1 Å². The topological polar surface area (TPSA) is 38.3 Å². The first-order valence-electron chi connectivity index (χ1n) is 5.59. The highest BCUT2D eigenvalue weighted by Crippen LogP contribution is 2.14. The summed E-state index contributed by atoms with van der Waals surface area (Å²) in [5.41, 5.74) is 0. The number of nitrogens with one attached hydrogen (secondary N) is 1. The molecule has 1 saturated heterocycles. The molecule has 1 amide bonds. The van der Waals surface area contributed by atoms with Gasteiger partial charge in [-0.3, -0.25) is 4.79 Å². The van der Waals surface area contributed by atoms with Gasteiger partial charge in [-0.1, -0.05) is 13.8 Å². The highest BCUT2D eigenvalue weighted by Gasteiger charge is 2.24. The highest BCUT2D eigenvalue weighted by molar-refractivity contribution is 6.18. The average molecular weight is 234 g/mol. The Bertz CT molecular complexity index is 203. The summed E-state index contributed by atoms with van der Waals surface area (Å²) in [4.78, 5) is 11.8. The van der Waals surface area contributed by atoms with Crippen molar-refractivity contribution in [3.05, 3.63) is 0 Å². The largest absolute Gasteiger partial charge is 0.381 e. The lowest BCUT2D eigenvalue weighted by atomic mass is 9.99. The Balaban J connectivity index is 2.38. The zero-order valence-corrected chi connectivity index (χ0v) is 10.2. The fourth-order valence-corrected chi connectivity index (χ4v) is 2.06. The molecule has 2 atom stereocenters. The standard InChI is InChI=1S/C11H20ClNO2/c1-8(2)10(6-12)13-11(14)9-4-3-5-15-7-9/h8-10H,3-7H2,1-2H3,(H,13,14). The van der Waals surface area contributed by atoms with Gasteiger partial charge in [0.25, 0.3) is 0 Å². The Morgan fingerprint density at radius 2 is 2.33 bits per heavy atom. The van der Waals surface area contributed by atoms with Crippen molar-refractivity contribution in [2.24, 2.45) is 11.8 Å². The van der Waals surface area contributed by atoms with Crippen molar-refractivity contribution in [1.82, 2.24) is 5.32 Å². The van der Waals surface area contributed by atoms with Crippen molar-refractivity contribution in [2.45, 2.75) is 32.7 Å². The number of hydrogen-bond donors (Lipinski definition) is 1. The summed E-state index contributed by atoms with van der Waals surface area (Å²) < 4.78 is 5.29. The molecule has 1 N–H and O–H groups in total. The second-order valence-corrected chi connectivity index (χ2v) is 4.74. The molecular formula is C11H20ClNO2. The van der Waals surface area contributed by atoms with Gasteiger partial charge in [-0.25, -0.2) is 0 Å². The third kappa shape index (κ3) is 3.99. The number of hydrogen-bond acceptors (Lipinski definition) is 2. The SMILES string of the molecule is CC(C)C(CCl)NC(=O)C1CCCOC1. The molecule has 0 saturated carbocycles. The van der Waals surface area contributed by atoms with Crippen LogP contribution in [0.2, 0.25) is 0 Å². The van der Waals surface area contributed by atoms with Gasteiger partial charge in [0, 0.05) is 18.5 Å². The number of amides is 1. The fourth-order valence-electron chi connectivity index (χ4n) is 1.63. The fraction of sp³-hybridized carbons (Fsp3) is 0.909. The summed E-state index contributed by atoms with van der Waals surface area (Å²) in [6.45, 7) is 5.46. The molecule has 0 radical (unpaired) electrons. The maximum Gasteiger partial charge on any atom is 0.225 e. The van der Waals surface area contributed by atoms with Gasteiger partial charge in [0.05, 0.1) is 12.5 Å². The summed E-state index contributed by atoms with van der Waals surface area (Å²) >= 11 is 5.80. The van der Waals surface area contributed by atoms with E-state index >= 15 is 0 Å². The quantitative estimate of drug-likeness (QED) is 0.752. The molecular weight excluding hydrogens is 214 g/mol. The summed E-state index contributed by atoms with van der Waals surface area (Å²) in [7, 11) is 0. The summed E-state index contributed by atoms with van der Waals surface area (Å²) in [6, 6.07) is 0.0705. The monoisotopic (exact) mass is 233 g/mol. The van der Waals surface area contributed by atoms with Crippen molar-refractivity contribution in [1.29, 1.82) is 0 Å². The maximum atomic E-state index is 11.8. The minimum absolute atomic E-state index is 0.0169. The first kappa shape index (κ1) is 12.8. The van der Waals surface area contributed by atoms with E-state index in [0.29, 0.717) is 18.4 Å². The third-order valence-electron chi connectivity index (χ3n) is 2.83. The van der Waals surface area contributed by atoms with Gasteiger partial charge in [0.15, 0.2) is 0 Å². The average Bonchev–Trinajstić information content (AvgIpc) is 2.26. The lowest BCUT2D eigenvalue weighted by Crippen LogP contribution is -2.44. The van der Waals surface area contributed by atoms with Gasteiger partial charge in [-0.15, -0.1) is 11.6 Å². The van der Waals surface area contributed by atoms with Gasteiger partial charge < -0.3 is 10.1 Å². The number of carbonyl (C=O) groups is 1. The van der Waals surface area contributed by atoms with E-state index in [0.717, 1.165) is 19.4 Å². The molecule has 1 aliphatic rings. The summed E-state index contributed by atoms with van der Waals surface area (Å²) in [6.07, 6.45) is 1.91. The third-order valence-corrected chi connectivity index (χ3v) is 3.16. The lowest BCUT2D eigenvalue weighted by molar-refractivity contribution is -0.129. The van der Waals surface area contributed by atoms with Crippen LogP contribution in [0.15, 0.2) is 0 Å². The first-order valence-corrected chi connectivity index (χ1v) is 6.12. The van der Waals surface area contributed by atoms with Crippen LogP contribution in [0.5, 0.6) is 0 Å². The second-order valence-electron chi connectivity index (χ2n) is 4.43. The number of rotatable bonds is 4. The Labute approximate surface area is 96.5 Å². The Morgan fingerprint density at radius 3 is 2.80 bits per heavy atom. The lowest BCUT2D eigenvalue weighted by Gasteiger charge is -2.25. The van der Waals surface area contributed by atoms with Gasteiger partial charge in [-0.05, 0) is 18.8 Å². The molecule has 2 unspecified atom stereocenters. The van der Waals surface area contributed by atoms with Crippen molar-refractivity contribution < 1.29 is 9.53 Å². The van der Waals surface area contributed by atoms with Crippen LogP contribution in [0, 0.1) is 11.8 Å². The Morgan fingerprint density at radius 1 is 1.60 bits per heavy atom. The van der Waals surface area contributed by atoms with Gasteiger partial charge in [-0.2, -0.15) is 0 Å². The van der Waals surface area contributed by atoms with Crippen LogP contribution in [-0.2, 0) is 9.53 Å². The molecule has 1 heterocycles. The number of alkyl halides is 1. The number of halogens is 1. The second kappa shape index (κ2) is 6.33. The van der Waals surface area contributed by atoms with Gasteiger partial charge in [0.1, 0.15) is 0 Å². The Kier molecular flexibility index (Phi) is 5.40. The minimum Gasteiger partial charge on any atom is -0.381 e. The van der Waals surface area contributed by atoms with E-state index in [1.807, 2.05) is 0 Å². The molecule has 0 aromatic heterocycles. The Hall–Kier alpha value is -0.280. The molecule has 1 fully saturated rings.